The van der Waals surface area contributed by atoms with Gasteiger partial charge in [0.2, 0.25) is 5.91 Å². The smallest absolute Gasteiger partial charge is 0.456 e. The number of phosphoric acid groups is 1. The van der Waals surface area contributed by atoms with Crippen molar-refractivity contribution >= 4 is 19.7 Å². The number of hydrogen-bond acceptors (Lipinski definition) is 6. The van der Waals surface area contributed by atoms with E-state index in [2.05, 4.69) is 123 Å². The van der Waals surface area contributed by atoms with Crippen LogP contribution in [0.15, 0.2) is 109 Å². The molecule has 0 aliphatic carbocycles. The zero-order valence-corrected chi connectivity index (χ0v) is 51.3. The first-order valence-electron chi connectivity index (χ1n) is 31.2. The number of allylic oxidation sites excluding steroid dienone is 17. The second-order valence-corrected chi connectivity index (χ2v) is 23.3. The van der Waals surface area contributed by atoms with Crippen molar-refractivity contribution in [2.45, 2.75) is 264 Å². The number of phosphoric ester groups is 1. The number of carbonyl (C=O) groups is 2. The lowest BCUT2D eigenvalue weighted by molar-refractivity contribution is -0.870. The fraction of sp³-hybridized carbons (Fsp3) is 0.701. The van der Waals surface area contributed by atoms with E-state index in [1.165, 1.54) is 96.3 Å². The normalized spacial score (nSPS) is 14.4. The maximum atomic E-state index is 13.6. The van der Waals surface area contributed by atoms with Gasteiger partial charge in [0.25, 0.3) is 0 Å². The minimum Gasteiger partial charge on any atom is -0.456 e. The van der Waals surface area contributed by atoms with Gasteiger partial charge in [-0.2, -0.15) is 0 Å². The number of nitrogens with zero attached hydrogens (tertiary/aromatic N) is 1. The molecule has 2 N–H and O–H groups in total. The Balaban J connectivity index is 5.28. The maximum absolute atomic E-state index is 13.6. The molecule has 0 saturated heterocycles. The molecule has 0 heterocycles. The number of carbonyl (C=O) groups excluding carboxylic acids is 2. The molecule has 0 aromatic heterocycles. The van der Waals surface area contributed by atoms with Crippen molar-refractivity contribution in [2.24, 2.45) is 0 Å². The quantitative estimate of drug-likeness (QED) is 0.0156. The van der Waals surface area contributed by atoms with Gasteiger partial charge >= 0.3 is 13.8 Å². The van der Waals surface area contributed by atoms with E-state index >= 15 is 0 Å². The van der Waals surface area contributed by atoms with E-state index < -0.39 is 20.0 Å². The molecule has 0 fully saturated rings. The Morgan fingerprint density at radius 1 is 0.481 bits per heavy atom. The van der Waals surface area contributed by atoms with Crippen molar-refractivity contribution in [2.75, 3.05) is 40.9 Å². The number of rotatable bonds is 55. The highest BCUT2D eigenvalue weighted by molar-refractivity contribution is 7.47. The number of esters is 1. The molecule has 0 saturated carbocycles. The number of unbranched alkanes of at least 4 members (excludes halogenated alkanes) is 25. The number of amides is 1. The number of nitrogens with one attached hydrogen (secondary N) is 1. The van der Waals surface area contributed by atoms with Crippen molar-refractivity contribution < 1.29 is 37.3 Å². The van der Waals surface area contributed by atoms with Gasteiger partial charge in [-0.05, 0) is 96.0 Å². The molecule has 10 heteroatoms. The topological polar surface area (TPSA) is 111 Å². The Morgan fingerprint density at radius 3 is 1.39 bits per heavy atom. The fourth-order valence-electron chi connectivity index (χ4n) is 8.50. The third-order valence-corrected chi connectivity index (χ3v) is 14.3. The largest absolute Gasteiger partial charge is 0.472 e. The van der Waals surface area contributed by atoms with Crippen LogP contribution in [0.4, 0.5) is 0 Å². The van der Waals surface area contributed by atoms with Crippen LogP contribution in [-0.2, 0) is 27.9 Å². The van der Waals surface area contributed by atoms with Crippen LogP contribution in [0.2, 0.25) is 0 Å². The first kappa shape index (κ1) is 73.7. The van der Waals surface area contributed by atoms with Crippen molar-refractivity contribution in [1.29, 1.82) is 0 Å². The van der Waals surface area contributed by atoms with Gasteiger partial charge in [0.05, 0.1) is 33.8 Å². The Morgan fingerprint density at radius 2 is 0.896 bits per heavy atom. The molecule has 442 valence electrons. The van der Waals surface area contributed by atoms with Gasteiger partial charge in [0, 0.05) is 12.8 Å². The summed E-state index contributed by atoms with van der Waals surface area (Å²) in [5.74, 6) is -0.536. The first-order chi connectivity index (χ1) is 37.4. The van der Waals surface area contributed by atoms with E-state index in [0.29, 0.717) is 17.4 Å². The zero-order valence-electron chi connectivity index (χ0n) is 50.4. The highest BCUT2D eigenvalue weighted by Crippen LogP contribution is 2.43. The Bertz CT molecular complexity index is 1690. The summed E-state index contributed by atoms with van der Waals surface area (Å²) in [5.41, 5.74) is 0. The molecule has 3 unspecified atom stereocenters. The Labute approximate surface area is 474 Å². The summed E-state index contributed by atoms with van der Waals surface area (Å²) in [5, 5.41) is 3.05. The highest BCUT2D eigenvalue weighted by Gasteiger charge is 2.30. The van der Waals surface area contributed by atoms with Crippen LogP contribution < -0.4 is 5.32 Å². The minimum absolute atomic E-state index is 0.0302. The average Bonchev–Trinajstić information content (AvgIpc) is 3.39. The average molecular weight is 1090 g/mol. The molecule has 0 spiro atoms. The third-order valence-electron chi connectivity index (χ3n) is 13.3. The summed E-state index contributed by atoms with van der Waals surface area (Å²) in [7, 11) is 1.47. The summed E-state index contributed by atoms with van der Waals surface area (Å²) in [6, 6.07) is -0.866. The molecule has 0 rings (SSSR count). The van der Waals surface area contributed by atoms with Gasteiger partial charge in [-0.3, -0.25) is 18.6 Å². The van der Waals surface area contributed by atoms with Crippen LogP contribution in [0.25, 0.3) is 0 Å². The lowest BCUT2D eigenvalue weighted by atomic mass is 10.0. The summed E-state index contributed by atoms with van der Waals surface area (Å²) < 4.78 is 30.7. The molecule has 0 aromatic rings. The lowest BCUT2D eigenvalue weighted by Crippen LogP contribution is -2.47. The Kier molecular flexibility index (Phi) is 53.5. The van der Waals surface area contributed by atoms with Crippen molar-refractivity contribution in [3.63, 3.8) is 0 Å². The predicted octanol–water partition coefficient (Wildman–Crippen LogP) is 19.3. The SMILES string of the molecule is CC/C=C\C/C=C\C/C=C\C/C=C\C/C=C\CCCCCCCCCC(=O)NC(COP(=O)(O)OCC[N+](C)(C)C)C(/C=C\CCCCCCCCCCCCC)OC(=O)CCCCCCCCC/C=C/C=C/C=C/CC. The van der Waals surface area contributed by atoms with Gasteiger partial charge in [0.1, 0.15) is 19.3 Å². The lowest BCUT2D eigenvalue weighted by Gasteiger charge is -2.27. The van der Waals surface area contributed by atoms with Crippen LogP contribution in [0.5, 0.6) is 0 Å². The van der Waals surface area contributed by atoms with E-state index in [4.69, 9.17) is 13.8 Å². The standard InChI is InChI=1S/C67H117N2O7P/c1-7-10-13-16-19-22-25-28-30-31-32-33-34-35-36-37-39-41-44-47-50-53-56-59-66(70)68-64(63-75-77(72,73)74-62-61-69(4,5)6)65(58-55-52-49-46-43-40-27-24-21-18-15-12-9-3)76-67(71)60-57-54-51-48-45-42-38-29-26-23-20-17-14-11-8-2/h10-11,13-14,17,19-20,22-23,26,28,30,32-33,35-36,55,58,64-65H,7-9,12,15-16,18,21,24-25,27,29,31,34,37-54,56-57,59-63H2,1-6H3,(H-,68,70,72,73)/p+1/b13-10-,14-11+,20-17+,22-19-,26-23+,30-28-,33-32-,36-35-,58-55-. The molecule has 1 amide bonds. The summed E-state index contributed by atoms with van der Waals surface area (Å²) >= 11 is 0. The highest BCUT2D eigenvalue weighted by atomic mass is 31.2. The number of hydrogen-bond donors (Lipinski definition) is 2. The van der Waals surface area contributed by atoms with Crippen LogP contribution in [0.1, 0.15) is 252 Å². The number of likely N-dealkylation sites (N-methyl/N-ethyl adjacent to an activating group) is 1. The monoisotopic (exact) mass is 1090 g/mol. The Hall–Kier alpha value is -3.33. The summed E-state index contributed by atoms with van der Waals surface area (Å²) in [6.07, 6.45) is 76.5. The van der Waals surface area contributed by atoms with Crippen molar-refractivity contribution in [3.8, 4) is 0 Å². The molecular weight excluding hydrogens is 976 g/mol. The summed E-state index contributed by atoms with van der Waals surface area (Å²) in [4.78, 5) is 37.7. The van der Waals surface area contributed by atoms with E-state index in [-0.39, 0.29) is 31.5 Å². The van der Waals surface area contributed by atoms with Crippen LogP contribution >= 0.6 is 7.82 Å². The molecule has 77 heavy (non-hydrogen) atoms. The molecule has 0 aliphatic heterocycles. The maximum Gasteiger partial charge on any atom is 0.472 e. The molecule has 0 radical (unpaired) electrons. The van der Waals surface area contributed by atoms with Gasteiger partial charge in [-0.25, -0.2) is 4.57 Å². The first-order valence-corrected chi connectivity index (χ1v) is 32.7. The fourth-order valence-corrected chi connectivity index (χ4v) is 9.23. The van der Waals surface area contributed by atoms with Gasteiger partial charge in [0.15, 0.2) is 0 Å². The second kappa shape index (κ2) is 56.0. The van der Waals surface area contributed by atoms with Gasteiger partial charge in [-0.15, -0.1) is 0 Å². The van der Waals surface area contributed by atoms with E-state index in [9.17, 15) is 19.0 Å². The molecule has 3 atom stereocenters. The van der Waals surface area contributed by atoms with Crippen LogP contribution in [0.3, 0.4) is 0 Å². The van der Waals surface area contributed by atoms with Crippen LogP contribution in [-0.4, -0.2) is 74.3 Å². The molecule has 0 aromatic carbocycles. The third kappa shape index (κ3) is 57.2. The zero-order chi connectivity index (χ0) is 56.4. The number of quaternary nitrogens is 1. The molecule has 9 nitrogen and oxygen atoms in total. The minimum atomic E-state index is -4.46. The number of ether oxygens (including phenoxy) is 1. The second-order valence-electron chi connectivity index (χ2n) is 21.9. The predicted molar refractivity (Wildman–Crippen MR) is 332 cm³/mol. The molecular formula is C67H118N2O7P+. The molecule has 0 aliphatic rings. The van der Waals surface area contributed by atoms with Crippen LogP contribution in [0, 0.1) is 0 Å². The van der Waals surface area contributed by atoms with Gasteiger partial charge < -0.3 is 19.4 Å². The van der Waals surface area contributed by atoms with E-state index in [1.807, 2.05) is 33.3 Å². The molecule has 0 bridgehead atoms. The van der Waals surface area contributed by atoms with Gasteiger partial charge in [-0.1, -0.05) is 252 Å². The van der Waals surface area contributed by atoms with E-state index in [0.717, 1.165) is 122 Å². The van der Waals surface area contributed by atoms with Crippen molar-refractivity contribution in [3.05, 3.63) is 109 Å². The summed E-state index contributed by atoms with van der Waals surface area (Å²) in [6.45, 7) is 6.75. The van der Waals surface area contributed by atoms with Crippen molar-refractivity contribution in [1.82, 2.24) is 5.32 Å². The van der Waals surface area contributed by atoms with E-state index in [1.54, 1.807) is 0 Å².